The van der Waals surface area contributed by atoms with Gasteiger partial charge in [-0.3, -0.25) is 5.41 Å². The zero-order valence-electron chi connectivity index (χ0n) is 6.68. The minimum absolute atomic E-state index is 0.0614. The SMILES string of the molecule is N=C(N)CSc1cc(F)ccc1F. The molecule has 0 spiro atoms. The molecule has 0 amide bonds. The van der Waals surface area contributed by atoms with Gasteiger partial charge in [0.25, 0.3) is 0 Å². The molecule has 13 heavy (non-hydrogen) atoms. The van der Waals surface area contributed by atoms with Gasteiger partial charge in [0.15, 0.2) is 0 Å². The predicted octanol–water partition coefficient (Wildman–Crippen LogP) is 1.99. The Bertz CT molecular complexity index is 328. The van der Waals surface area contributed by atoms with Crippen LogP contribution < -0.4 is 5.73 Å². The monoisotopic (exact) mass is 202 g/mol. The van der Waals surface area contributed by atoms with Crippen LogP contribution in [0, 0.1) is 17.0 Å². The van der Waals surface area contributed by atoms with Gasteiger partial charge in [-0.1, -0.05) is 0 Å². The lowest BCUT2D eigenvalue weighted by atomic mass is 10.3. The molecule has 0 aromatic heterocycles. The van der Waals surface area contributed by atoms with Gasteiger partial charge in [0.1, 0.15) is 17.5 Å². The summed E-state index contributed by atoms with van der Waals surface area (Å²) in [6, 6.07) is 3.19. The van der Waals surface area contributed by atoms with Crippen molar-refractivity contribution in [2.45, 2.75) is 4.90 Å². The first-order chi connectivity index (χ1) is 6.09. The van der Waals surface area contributed by atoms with E-state index in [9.17, 15) is 8.78 Å². The Morgan fingerprint density at radius 2 is 2.15 bits per heavy atom. The summed E-state index contributed by atoms with van der Waals surface area (Å²) >= 11 is 1.00. The minimum Gasteiger partial charge on any atom is -0.387 e. The van der Waals surface area contributed by atoms with E-state index in [1.807, 2.05) is 0 Å². The lowest BCUT2D eigenvalue weighted by molar-refractivity contribution is 0.577. The molecule has 1 aromatic rings. The van der Waals surface area contributed by atoms with Crippen LogP contribution in [0.2, 0.25) is 0 Å². The molecular weight excluding hydrogens is 194 g/mol. The molecule has 0 saturated carbocycles. The van der Waals surface area contributed by atoms with E-state index in [1.54, 1.807) is 0 Å². The van der Waals surface area contributed by atoms with E-state index in [1.165, 1.54) is 0 Å². The Morgan fingerprint density at radius 1 is 1.46 bits per heavy atom. The molecule has 1 rings (SSSR count). The average molecular weight is 202 g/mol. The lowest BCUT2D eigenvalue weighted by Crippen LogP contribution is -2.12. The van der Waals surface area contributed by atoms with Crippen molar-refractivity contribution in [3.63, 3.8) is 0 Å². The third kappa shape index (κ3) is 3.02. The van der Waals surface area contributed by atoms with Crippen LogP contribution in [-0.2, 0) is 0 Å². The highest BCUT2D eigenvalue weighted by Crippen LogP contribution is 2.21. The van der Waals surface area contributed by atoms with Gasteiger partial charge >= 0.3 is 0 Å². The quantitative estimate of drug-likeness (QED) is 0.447. The fraction of sp³-hybridized carbons (Fsp3) is 0.125. The van der Waals surface area contributed by atoms with E-state index in [0.717, 1.165) is 30.0 Å². The molecule has 0 unspecified atom stereocenters. The third-order valence-electron chi connectivity index (χ3n) is 1.28. The molecular formula is C8H8F2N2S. The van der Waals surface area contributed by atoms with Crippen molar-refractivity contribution in [2.75, 3.05) is 5.75 Å². The normalized spacial score (nSPS) is 10.0. The van der Waals surface area contributed by atoms with Crippen LogP contribution in [0.15, 0.2) is 23.1 Å². The predicted molar refractivity (Wildman–Crippen MR) is 49.0 cm³/mol. The van der Waals surface area contributed by atoms with E-state index >= 15 is 0 Å². The van der Waals surface area contributed by atoms with Gasteiger partial charge in [-0.05, 0) is 18.2 Å². The van der Waals surface area contributed by atoms with Crippen LogP contribution in [0.1, 0.15) is 0 Å². The summed E-state index contributed by atoms with van der Waals surface area (Å²) < 4.78 is 25.5. The fourth-order valence-electron chi connectivity index (χ4n) is 0.743. The van der Waals surface area contributed by atoms with E-state index in [-0.39, 0.29) is 16.5 Å². The molecule has 0 radical (unpaired) electrons. The highest BCUT2D eigenvalue weighted by Gasteiger charge is 2.04. The van der Waals surface area contributed by atoms with Crippen molar-refractivity contribution in [2.24, 2.45) is 5.73 Å². The zero-order chi connectivity index (χ0) is 9.84. The molecule has 2 nitrogen and oxygen atoms in total. The summed E-state index contributed by atoms with van der Waals surface area (Å²) in [5.74, 6) is -0.880. The van der Waals surface area contributed by atoms with Crippen LogP contribution in [0.4, 0.5) is 8.78 Å². The summed E-state index contributed by atoms with van der Waals surface area (Å²) in [5.41, 5.74) is 5.07. The Balaban J connectivity index is 2.75. The standard InChI is InChI=1S/C8H8F2N2S/c9-5-1-2-6(10)7(3-5)13-4-8(11)12/h1-3H,4H2,(H3,11,12). The Labute approximate surface area is 78.6 Å². The van der Waals surface area contributed by atoms with Crippen molar-refractivity contribution >= 4 is 17.6 Å². The highest BCUT2D eigenvalue weighted by molar-refractivity contribution is 8.00. The smallest absolute Gasteiger partial charge is 0.136 e. The lowest BCUT2D eigenvalue weighted by Gasteiger charge is -2.01. The van der Waals surface area contributed by atoms with Gasteiger partial charge in [-0.2, -0.15) is 0 Å². The molecule has 0 bridgehead atoms. The second-order valence-corrected chi connectivity index (χ2v) is 3.41. The first-order valence-corrected chi connectivity index (χ1v) is 4.49. The fourth-order valence-corrected chi connectivity index (χ4v) is 1.46. The van der Waals surface area contributed by atoms with Gasteiger partial charge < -0.3 is 5.73 Å². The maximum Gasteiger partial charge on any atom is 0.136 e. The summed E-state index contributed by atoms with van der Waals surface area (Å²) in [6.07, 6.45) is 0. The number of nitrogens with one attached hydrogen (secondary N) is 1. The van der Waals surface area contributed by atoms with Gasteiger partial charge in [-0.15, -0.1) is 11.8 Å². The Hall–Kier alpha value is -1.10. The van der Waals surface area contributed by atoms with Gasteiger partial charge in [0, 0.05) is 4.90 Å². The van der Waals surface area contributed by atoms with Crippen LogP contribution >= 0.6 is 11.8 Å². The molecule has 0 fully saturated rings. The van der Waals surface area contributed by atoms with Crippen LogP contribution in [0.3, 0.4) is 0 Å². The number of thioether (sulfide) groups is 1. The first kappa shape index (κ1) is 9.98. The van der Waals surface area contributed by atoms with Crippen LogP contribution in [-0.4, -0.2) is 11.6 Å². The van der Waals surface area contributed by atoms with E-state index in [4.69, 9.17) is 11.1 Å². The second-order valence-electron chi connectivity index (χ2n) is 2.39. The molecule has 3 N–H and O–H groups in total. The van der Waals surface area contributed by atoms with Crippen molar-refractivity contribution in [1.82, 2.24) is 0 Å². The molecule has 1 aromatic carbocycles. The number of hydrogen-bond donors (Lipinski definition) is 2. The highest BCUT2D eigenvalue weighted by atomic mass is 32.2. The second kappa shape index (κ2) is 4.23. The van der Waals surface area contributed by atoms with Crippen molar-refractivity contribution < 1.29 is 8.78 Å². The molecule has 0 aliphatic heterocycles. The molecule has 0 heterocycles. The number of nitrogens with two attached hydrogens (primary N) is 1. The Kier molecular flexibility index (Phi) is 3.25. The number of benzene rings is 1. The van der Waals surface area contributed by atoms with Gasteiger partial charge in [0.05, 0.1) is 5.75 Å². The summed E-state index contributed by atoms with van der Waals surface area (Å²) in [4.78, 5) is 0.176. The molecule has 70 valence electrons. The topological polar surface area (TPSA) is 49.9 Å². The largest absolute Gasteiger partial charge is 0.387 e. The molecule has 0 aliphatic rings. The zero-order valence-corrected chi connectivity index (χ0v) is 7.50. The van der Waals surface area contributed by atoms with Crippen LogP contribution in [0.25, 0.3) is 0 Å². The third-order valence-corrected chi connectivity index (χ3v) is 2.36. The number of halogens is 2. The van der Waals surface area contributed by atoms with Crippen molar-refractivity contribution in [1.29, 1.82) is 5.41 Å². The minimum atomic E-state index is -0.493. The van der Waals surface area contributed by atoms with Crippen molar-refractivity contribution in [3.8, 4) is 0 Å². The van der Waals surface area contributed by atoms with E-state index in [2.05, 4.69) is 0 Å². The molecule has 0 saturated heterocycles. The number of hydrogen-bond acceptors (Lipinski definition) is 2. The van der Waals surface area contributed by atoms with Crippen molar-refractivity contribution in [3.05, 3.63) is 29.8 Å². The van der Waals surface area contributed by atoms with Gasteiger partial charge in [-0.25, -0.2) is 8.78 Å². The first-order valence-electron chi connectivity index (χ1n) is 3.50. The molecule has 0 aliphatic carbocycles. The summed E-state index contributed by atoms with van der Waals surface area (Å²) in [7, 11) is 0. The molecule has 0 atom stereocenters. The van der Waals surface area contributed by atoms with Crippen LogP contribution in [0.5, 0.6) is 0 Å². The molecule has 5 heteroatoms. The average Bonchev–Trinajstić information content (AvgIpc) is 2.06. The Morgan fingerprint density at radius 3 is 2.77 bits per heavy atom. The number of rotatable bonds is 3. The van der Waals surface area contributed by atoms with E-state index in [0.29, 0.717) is 0 Å². The summed E-state index contributed by atoms with van der Waals surface area (Å²) in [6.45, 7) is 0. The summed E-state index contributed by atoms with van der Waals surface area (Å²) in [5, 5.41) is 6.91. The number of amidine groups is 1. The van der Waals surface area contributed by atoms with E-state index < -0.39 is 11.6 Å². The maximum atomic E-state index is 12.9. The maximum absolute atomic E-state index is 12.9. The van der Waals surface area contributed by atoms with Gasteiger partial charge in [0.2, 0.25) is 0 Å².